The highest BCUT2D eigenvalue weighted by Gasteiger charge is 2.12. The second-order valence-electron chi connectivity index (χ2n) is 2.89. The first-order chi connectivity index (χ1) is 6.29. The van der Waals surface area contributed by atoms with Crippen molar-refractivity contribution in [2.45, 2.75) is 6.04 Å². The van der Waals surface area contributed by atoms with Crippen molar-refractivity contribution in [3.8, 4) is 0 Å². The lowest BCUT2D eigenvalue weighted by molar-refractivity contribution is 0.673. The molecule has 0 aliphatic rings. The second kappa shape index (κ2) is 3.02. The Bertz CT molecular complexity index is 375. The molecular weight excluding hydrogens is 166 g/mol. The van der Waals surface area contributed by atoms with Gasteiger partial charge in [-0.1, -0.05) is 0 Å². The highest BCUT2D eigenvalue weighted by molar-refractivity contribution is 5.21. The first-order valence-corrected chi connectivity index (χ1v) is 4.01. The van der Waals surface area contributed by atoms with Crippen LogP contribution >= 0.6 is 0 Å². The van der Waals surface area contributed by atoms with Gasteiger partial charge in [-0.25, -0.2) is 0 Å². The van der Waals surface area contributed by atoms with Crippen LogP contribution in [0.5, 0.6) is 0 Å². The molecule has 68 valence electrons. The lowest BCUT2D eigenvalue weighted by Crippen LogP contribution is -2.15. The van der Waals surface area contributed by atoms with E-state index < -0.39 is 0 Å². The van der Waals surface area contributed by atoms with Gasteiger partial charge in [0.15, 0.2) is 0 Å². The molecule has 13 heavy (non-hydrogen) atoms. The molecule has 0 saturated carbocycles. The molecule has 1 unspecified atom stereocenters. The van der Waals surface area contributed by atoms with Crippen LogP contribution in [0.2, 0.25) is 0 Å². The molecule has 0 radical (unpaired) electrons. The van der Waals surface area contributed by atoms with Gasteiger partial charge < -0.3 is 5.73 Å². The van der Waals surface area contributed by atoms with Crippen molar-refractivity contribution in [1.82, 2.24) is 20.0 Å². The van der Waals surface area contributed by atoms with E-state index in [1.807, 2.05) is 13.1 Å². The van der Waals surface area contributed by atoms with Gasteiger partial charge in [-0.2, -0.15) is 10.2 Å². The van der Waals surface area contributed by atoms with Gasteiger partial charge >= 0.3 is 0 Å². The molecular formula is C8H11N5. The van der Waals surface area contributed by atoms with Crippen LogP contribution in [0.3, 0.4) is 0 Å². The third-order valence-electron chi connectivity index (χ3n) is 2.06. The van der Waals surface area contributed by atoms with E-state index in [1.165, 1.54) is 0 Å². The minimum atomic E-state index is -0.161. The van der Waals surface area contributed by atoms with E-state index in [0.717, 1.165) is 11.3 Å². The first kappa shape index (κ1) is 8.00. The van der Waals surface area contributed by atoms with Crippen molar-refractivity contribution >= 4 is 0 Å². The Morgan fingerprint density at radius 2 is 2.46 bits per heavy atom. The average Bonchev–Trinajstić information content (AvgIpc) is 2.72. The molecule has 0 bridgehead atoms. The second-order valence-corrected chi connectivity index (χ2v) is 2.89. The van der Waals surface area contributed by atoms with Gasteiger partial charge in [0.2, 0.25) is 0 Å². The number of aromatic nitrogens is 4. The number of aromatic amines is 1. The fraction of sp³-hybridized carbons (Fsp3) is 0.250. The molecule has 5 heteroatoms. The van der Waals surface area contributed by atoms with Gasteiger partial charge in [-0.3, -0.25) is 9.78 Å². The lowest BCUT2D eigenvalue weighted by atomic mass is 10.1. The van der Waals surface area contributed by atoms with E-state index in [4.69, 9.17) is 5.73 Å². The quantitative estimate of drug-likeness (QED) is 0.687. The van der Waals surface area contributed by atoms with Crippen molar-refractivity contribution in [1.29, 1.82) is 0 Å². The number of hydrogen-bond acceptors (Lipinski definition) is 3. The molecule has 0 spiro atoms. The average molecular weight is 177 g/mol. The van der Waals surface area contributed by atoms with Crippen molar-refractivity contribution in [3.05, 3.63) is 35.9 Å². The fourth-order valence-electron chi connectivity index (χ4n) is 1.29. The number of rotatable bonds is 2. The molecule has 0 aliphatic carbocycles. The first-order valence-electron chi connectivity index (χ1n) is 4.01. The molecule has 2 aromatic rings. The van der Waals surface area contributed by atoms with E-state index in [1.54, 1.807) is 23.3 Å². The van der Waals surface area contributed by atoms with Crippen LogP contribution in [-0.2, 0) is 7.05 Å². The summed E-state index contributed by atoms with van der Waals surface area (Å²) in [6.45, 7) is 0. The van der Waals surface area contributed by atoms with Crippen LogP contribution in [0.25, 0.3) is 0 Å². The number of aryl methyl sites for hydroxylation is 1. The highest BCUT2D eigenvalue weighted by atomic mass is 15.3. The monoisotopic (exact) mass is 177 g/mol. The Hall–Kier alpha value is -1.62. The predicted octanol–water partition coefficient (Wildman–Crippen LogP) is 0.191. The SMILES string of the molecule is Cn1nccc1C(N)c1cn[nH]c1. The maximum Gasteiger partial charge on any atom is 0.0753 e. The summed E-state index contributed by atoms with van der Waals surface area (Å²) in [5, 5.41) is 10.6. The van der Waals surface area contributed by atoms with Crippen LogP contribution in [-0.4, -0.2) is 20.0 Å². The lowest BCUT2D eigenvalue weighted by Gasteiger charge is -2.08. The van der Waals surface area contributed by atoms with Crippen LogP contribution in [0.15, 0.2) is 24.7 Å². The van der Waals surface area contributed by atoms with E-state index in [-0.39, 0.29) is 6.04 Å². The molecule has 0 aromatic carbocycles. The van der Waals surface area contributed by atoms with Crippen LogP contribution in [0, 0.1) is 0 Å². The van der Waals surface area contributed by atoms with E-state index in [2.05, 4.69) is 15.3 Å². The number of H-pyrrole nitrogens is 1. The molecule has 1 atom stereocenters. The smallest absolute Gasteiger partial charge is 0.0753 e. The maximum absolute atomic E-state index is 5.99. The zero-order valence-electron chi connectivity index (χ0n) is 7.31. The van der Waals surface area contributed by atoms with Crippen molar-refractivity contribution in [2.24, 2.45) is 12.8 Å². The number of hydrogen-bond donors (Lipinski definition) is 2. The van der Waals surface area contributed by atoms with E-state index in [9.17, 15) is 0 Å². The molecule has 0 saturated heterocycles. The summed E-state index contributed by atoms with van der Waals surface area (Å²) in [7, 11) is 1.87. The summed E-state index contributed by atoms with van der Waals surface area (Å²) in [4.78, 5) is 0. The molecule has 2 aromatic heterocycles. The van der Waals surface area contributed by atoms with Gasteiger partial charge in [0.05, 0.1) is 17.9 Å². The minimum absolute atomic E-state index is 0.161. The zero-order valence-corrected chi connectivity index (χ0v) is 7.31. The Morgan fingerprint density at radius 3 is 3.00 bits per heavy atom. The van der Waals surface area contributed by atoms with E-state index >= 15 is 0 Å². The number of nitrogens with one attached hydrogen (secondary N) is 1. The highest BCUT2D eigenvalue weighted by Crippen LogP contribution is 2.16. The van der Waals surface area contributed by atoms with Crippen molar-refractivity contribution in [2.75, 3.05) is 0 Å². The van der Waals surface area contributed by atoms with Crippen LogP contribution in [0.1, 0.15) is 17.3 Å². The summed E-state index contributed by atoms with van der Waals surface area (Å²) >= 11 is 0. The fourth-order valence-corrected chi connectivity index (χ4v) is 1.29. The number of nitrogens with zero attached hydrogens (tertiary/aromatic N) is 3. The van der Waals surface area contributed by atoms with Crippen molar-refractivity contribution < 1.29 is 0 Å². The Kier molecular flexibility index (Phi) is 1.86. The Morgan fingerprint density at radius 1 is 1.62 bits per heavy atom. The molecule has 2 heterocycles. The summed E-state index contributed by atoms with van der Waals surface area (Å²) in [6.07, 6.45) is 5.24. The molecule has 0 aliphatic heterocycles. The summed E-state index contributed by atoms with van der Waals surface area (Å²) in [5.74, 6) is 0. The summed E-state index contributed by atoms with van der Waals surface area (Å²) < 4.78 is 1.76. The third-order valence-corrected chi connectivity index (χ3v) is 2.06. The largest absolute Gasteiger partial charge is 0.319 e. The standard InChI is InChI=1S/C8H11N5/c1-13-7(2-3-12-13)8(9)6-4-10-11-5-6/h2-5,8H,9H2,1H3,(H,10,11). The van der Waals surface area contributed by atoms with Gasteiger partial charge in [0.1, 0.15) is 0 Å². The number of nitrogens with two attached hydrogens (primary N) is 1. The summed E-state index contributed by atoms with van der Waals surface area (Å²) in [6, 6.07) is 1.74. The third kappa shape index (κ3) is 1.33. The van der Waals surface area contributed by atoms with Gasteiger partial charge in [0, 0.05) is 25.0 Å². The Balaban J connectivity index is 2.33. The van der Waals surface area contributed by atoms with Crippen LogP contribution in [0.4, 0.5) is 0 Å². The van der Waals surface area contributed by atoms with Gasteiger partial charge in [0.25, 0.3) is 0 Å². The zero-order chi connectivity index (χ0) is 9.26. The maximum atomic E-state index is 5.99. The Labute approximate surface area is 75.6 Å². The van der Waals surface area contributed by atoms with Gasteiger partial charge in [-0.05, 0) is 6.07 Å². The van der Waals surface area contributed by atoms with Gasteiger partial charge in [-0.15, -0.1) is 0 Å². The molecule has 0 amide bonds. The topological polar surface area (TPSA) is 72.5 Å². The molecule has 5 nitrogen and oxygen atoms in total. The van der Waals surface area contributed by atoms with Crippen molar-refractivity contribution in [3.63, 3.8) is 0 Å². The molecule has 2 rings (SSSR count). The normalized spacial score (nSPS) is 13.1. The predicted molar refractivity (Wildman–Crippen MR) is 47.8 cm³/mol. The molecule has 0 fully saturated rings. The molecule has 3 N–H and O–H groups in total. The van der Waals surface area contributed by atoms with E-state index in [0.29, 0.717) is 0 Å². The minimum Gasteiger partial charge on any atom is -0.319 e. The summed E-state index contributed by atoms with van der Waals surface area (Å²) in [5.41, 5.74) is 7.92. The van der Waals surface area contributed by atoms with Crippen LogP contribution < -0.4 is 5.73 Å².